The van der Waals surface area contributed by atoms with Crippen molar-refractivity contribution in [2.75, 3.05) is 31.2 Å². The van der Waals surface area contributed by atoms with Gasteiger partial charge in [-0.05, 0) is 55.4 Å². The zero-order valence-corrected chi connectivity index (χ0v) is 18.1. The van der Waals surface area contributed by atoms with Crippen LogP contribution in [0.25, 0.3) is 11.6 Å². The first-order valence-corrected chi connectivity index (χ1v) is 14.2. The van der Waals surface area contributed by atoms with Crippen molar-refractivity contribution in [1.29, 1.82) is 0 Å². The molecule has 0 saturated carbocycles. The van der Waals surface area contributed by atoms with Crippen LogP contribution in [0, 0.1) is 0 Å². The Labute approximate surface area is 164 Å². The molecule has 1 aliphatic rings. The molecule has 3 rings (SSSR count). The number of nitrogens with one attached hydrogen (secondary N) is 1. The van der Waals surface area contributed by atoms with E-state index in [4.69, 9.17) is 11.6 Å². The van der Waals surface area contributed by atoms with Crippen LogP contribution in [0.1, 0.15) is 16.7 Å². The molecule has 1 amide bonds. The van der Waals surface area contributed by atoms with Gasteiger partial charge in [-0.25, -0.2) is 0 Å². The molecule has 0 spiro atoms. The Bertz CT molecular complexity index is 1020. The molecule has 1 atom stereocenters. The molecule has 1 N–H and O–H groups in total. The highest BCUT2D eigenvalue weighted by molar-refractivity contribution is 7.79. The van der Waals surface area contributed by atoms with Gasteiger partial charge in [0.25, 0.3) is 5.91 Å². The van der Waals surface area contributed by atoms with Crippen LogP contribution in [0.4, 0.5) is 5.69 Å². The lowest BCUT2D eigenvalue weighted by atomic mass is 10.0. The smallest absolute Gasteiger partial charge is 0.256 e. The number of carbonyl (C=O) groups excluding carboxylic acids is 1. The van der Waals surface area contributed by atoms with E-state index in [-0.39, 0.29) is 11.8 Å². The van der Waals surface area contributed by atoms with Gasteiger partial charge in [0.1, 0.15) is 0 Å². The monoisotopic (exact) mass is 421 g/mol. The molecule has 4 nitrogen and oxygen atoms in total. The average molecular weight is 422 g/mol. The molecule has 1 unspecified atom stereocenters. The SMILES string of the molecule is CP(C)(=O)CP(C)(=O)Cc1ccc2c(c1)NC(=O)/C2=C\c1ccc(Cl)cc1. The second kappa shape index (κ2) is 7.43. The van der Waals surface area contributed by atoms with E-state index in [1.165, 1.54) is 0 Å². The first-order chi connectivity index (χ1) is 12.5. The van der Waals surface area contributed by atoms with Crippen molar-refractivity contribution in [2.45, 2.75) is 6.16 Å². The van der Waals surface area contributed by atoms with Gasteiger partial charge < -0.3 is 14.4 Å². The van der Waals surface area contributed by atoms with Gasteiger partial charge in [-0.3, -0.25) is 4.79 Å². The Kier molecular flexibility index (Phi) is 5.54. The van der Waals surface area contributed by atoms with E-state index in [1.54, 1.807) is 32.1 Å². The van der Waals surface area contributed by atoms with Crippen molar-refractivity contribution in [3.05, 3.63) is 64.2 Å². The van der Waals surface area contributed by atoms with Gasteiger partial charge in [-0.15, -0.1) is 0 Å². The van der Waals surface area contributed by atoms with Crippen LogP contribution in [0.2, 0.25) is 5.02 Å². The van der Waals surface area contributed by atoms with Crippen LogP contribution >= 0.6 is 25.9 Å². The fraction of sp³-hybridized carbons (Fsp3) is 0.250. The Hall–Kier alpha value is -1.60. The third-order valence-electron chi connectivity index (χ3n) is 4.20. The second-order valence-electron chi connectivity index (χ2n) is 7.61. The van der Waals surface area contributed by atoms with Gasteiger partial charge in [-0.2, -0.15) is 0 Å². The third kappa shape index (κ3) is 5.23. The average Bonchev–Trinajstić information content (AvgIpc) is 2.81. The lowest BCUT2D eigenvalue weighted by molar-refractivity contribution is -0.110. The number of hydrogen-bond donors (Lipinski definition) is 1. The van der Waals surface area contributed by atoms with Gasteiger partial charge in [-0.1, -0.05) is 35.9 Å². The zero-order valence-electron chi connectivity index (χ0n) is 15.5. The van der Waals surface area contributed by atoms with E-state index in [0.717, 1.165) is 16.7 Å². The van der Waals surface area contributed by atoms with Gasteiger partial charge >= 0.3 is 0 Å². The van der Waals surface area contributed by atoms with Crippen molar-refractivity contribution in [3.8, 4) is 0 Å². The Balaban J connectivity index is 1.88. The minimum absolute atomic E-state index is 0.164. The number of halogens is 1. The summed E-state index contributed by atoms with van der Waals surface area (Å²) in [6.07, 6.45) is 2.20. The highest BCUT2D eigenvalue weighted by Gasteiger charge is 2.27. The molecule has 1 aliphatic heterocycles. The molecule has 0 radical (unpaired) electrons. The Morgan fingerprint density at radius 2 is 1.70 bits per heavy atom. The fourth-order valence-electron chi connectivity index (χ4n) is 3.37. The molecule has 1 heterocycles. The molecule has 0 aromatic heterocycles. The minimum atomic E-state index is -2.55. The van der Waals surface area contributed by atoms with E-state index in [1.807, 2.05) is 36.4 Å². The summed E-state index contributed by atoms with van der Waals surface area (Å²) in [5.41, 5.74) is 3.89. The molecule has 2 aromatic carbocycles. The standard InChI is InChI=1S/C20H22ClNO3P2/c1-26(2,24)13-27(3,25)12-15-6-9-17-18(20(23)22-19(17)11-15)10-14-4-7-16(21)8-5-14/h4-11H,12-13H2,1-3H3,(H,22,23)/b18-10-. The van der Waals surface area contributed by atoms with Crippen LogP contribution in [0.5, 0.6) is 0 Å². The number of carbonyl (C=O) groups is 1. The van der Waals surface area contributed by atoms with Crippen molar-refractivity contribution in [2.24, 2.45) is 0 Å². The Morgan fingerprint density at radius 3 is 2.33 bits per heavy atom. The molecule has 0 aliphatic carbocycles. The highest BCUT2D eigenvalue weighted by Crippen LogP contribution is 2.57. The highest BCUT2D eigenvalue weighted by atomic mass is 35.5. The molecule has 2 aromatic rings. The molecule has 27 heavy (non-hydrogen) atoms. The van der Waals surface area contributed by atoms with Gasteiger partial charge in [0.2, 0.25) is 0 Å². The molecular formula is C20H22ClNO3P2. The summed E-state index contributed by atoms with van der Waals surface area (Å²) < 4.78 is 24.9. The predicted octanol–water partition coefficient (Wildman–Crippen LogP) is 5.91. The van der Waals surface area contributed by atoms with Crippen LogP contribution in [0.15, 0.2) is 42.5 Å². The molecule has 0 bridgehead atoms. The summed E-state index contributed by atoms with van der Waals surface area (Å²) in [7, 11) is -4.91. The quantitative estimate of drug-likeness (QED) is 0.482. The van der Waals surface area contributed by atoms with Crippen LogP contribution in [-0.2, 0) is 20.1 Å². The Morgan fingerprint density at radius 1 is 1.04 bits per heavy atom. The normalized spacial score (nSPS) is 17.5. The lowest BCUT2D eigenvalue weighted by Gasteiger charge is -2.16. The van der Waals surface area contributed by atoms with Crippen LogP contribution in [0.3, 0.4) is 0 Å². The molecule has 7 heteroatoms. The van der Waals surface area contributed by atoms with Crippen molar-refractivity contribution < 1.29 is 13.9 Å². The summed E-state index contributed by atoms with van der Waals surface area (Å²) >= 11 is 5.91. The van der Waals surface area contributed by atoms with E-state index >= 15 is 0 Å². The maximum atomic E-state index is 12.8. The summed E-state index contributed by atoms with van der Waals surface area (Å²) in [5, 5.41) is 3.52. The molecule has 0 saturated heterocycles. The van der Waals surface area contributed by atoms with Gasteiger partial charge in [0.15, 0.2) is 0 Å². The van der Waals surface area contributed by atoms with Crippen molar-refractivity contribution in [1.82, 2.24) is 0 Å². The zero-order chi connectivity index (χ0) is 19.8. The maximum Gasteiger partial charge on any atom is 0.256 e. The van der Waals surface area contributed by atoms with Crippen molar-refractivity contribution >= 4 is 49.1 Å². The number of rotatable bonds is 5. The molecule has 142 valence electrons. The molecule has 0 fully saturated rings. The lowest BCUT2D eigenvalue weighted by Crippen LogP contribution is -2.03. The van der Waals surface area contributed by atoms with Gasteiger partial charge in [0, 0.05) is 28.0 Å². The van der Waals surface area contributed by atoms with E-state index in [9.17, 15) is 13.9 Å². The number of hydrogen-bond acceptors (Lipinski definition) is 3. The summed E-state index contributed by atoms with van der Waals surface area (Å²) in [6, 6.07) is 12.9. The first-order valence-electron chi connectivity index (χ1n) is 8.54. The summed E-state index contributed by atoms with van der Waals surface area (Å²) in [5.74, 6) is 0.0916. The summed E-state index contributed by atoms with van der Waals surface area (Å²) in [6.45, 7) is 5.03. The van der Waals surface area contributed by atoms with E-state index in [2.05, 4.69) is 5.32 Å². The van der Waals surface area contributed by atoms with Crippen molar-refractivity contribution in [3.63, 3.8) is 0 Å². The van der Waals surface area contributed by atoms with Gasteiger partial charge in [0.05, 0.1) is 20.2 Å². The van der Waals surface area contributed by atoms with Crippen LogP contribution in [-0.4, -0.2) is 31.8 Å². The maximum absolute atomic E-state index is 12.8. The predicted molar refractivity (Wildman–Crippen MR) is 116 cm³/mol. The first kappa shape index (κ1) is 20.1. The third-order valence-corrected chi connectivity index (χ3v) is 10.6. The number of amides is 1. The van der Waals surface area contributed by atoms with E-state index in [0.29, 0.717) is 22.4 Å². The number of fused-ring (bicyclic) bond motifs is 1. The van der Waals surface area contributed by atoms with Crippen LogP contribution < -0.4 is 5.32 Å². The fourth-order valence-corrected chi connectivity index (χ4v) is 10.6. The molecular weight excluding hydrogens is 400 g/mol. The summed E-state index contributed by atoms with van der Waals surface area (Å²) in [4.78, 5) is 12.4. The number of benzene rings is 2. The largest absolute Gasteiger partial charge is 0.324 e. The minimum Gasteiger partial charge on any atom is -0.324 e. The van der Waals surface area contributed by atoms with E-state index < -0.39 is 14.3 Å². The topological polar surface area (TPSA) is 63.2 Å². The number of anilines is 1. The second-order valence-corrected chi connectivity index (χ2v) is 15.2.